The molecule has 0 saturated carbocycles. The maximum absolute atomic E-state index is 12.2. The number of nitrogens with zero attached hydrogens (tertiary/aromatic N) is 1. The lowest BCUT2D eigenvalue weighted by atomic mass is 9.89. The second-order valence-electron chi connectivity index (χ2n) is 8.68. The highest BCUT2D eigenvalue weighted by Gasteiger charge is 2.27. The summed E-state index contributed by atoms with van der Waals surface area (Å²) in [7, 11) is 0. The summed E-state index contributed by atoms with van der Waals surface area (Å²) in [6.07, 6.45) is 2.86. The van der Waals surface area contributed by atoms with Crippen LogP contribution in [0.5, 0.6) is 5.75 Å². The monoisotopic (exact) mass is 429 g/mol. The number of carbonyl (C=O) groups excluding carboxylic acids is 1. The zero-order chi connectivity index (χ0) is 22.3. The van der Waals surface area contributed by atoms with Gasteiger partial charge in [-0.1, -0.05) is 60.7 Å². The van der Waals surface area contributed by atoms with Gasteiger partial charge >= 0.3 is 5.97 Å². The Balaban J connectivity index is 1.29. The van der Waals surface area contributed by atoms with Gasteiger partial charge in [-0.15, -0.1) is 0 Å². The molecule has 1 fully saturated rings. The lowest BCUT2D eigenvalue weighted by molar-refractivity contribution is 0.0373. The summed E-state index contributed by atoms with van der Waals surface area (Å²) in [5.41, 5.74) is 2.76. The molecule has 1 N–H and O–H groups in total. The van der Waals surface area contributed by atoms with Crippen molar-refractivity contribution < 1.29 is 14.6 Å². The van der Waals surface area contributed by atoms with Gasteiger partial charge in [0.2, 0.25) is 0 Å². The third kappa shape index (κ3) is 5.64. The molecule has 0 amide bonds. The number of benzene rings is 3. The van der Waals surface area contributed by atoms with E-state index >= 15 is 0 Å². The molecule has 2 unspecified atom stereocenters. The first-order valence-electron chi connectivity index (χ1n) is 11.4. The molecule has 3 aromatic rings. The summed E-state index contributed by atoms with van der Waals surface area (Å²) in [5.74, 6) is 0.798. The Morgan fingerprint density at radius 2 is 1.53 bits per heavy atom. The van der Waals surface area contributed by atoms with Crippen LogP contribution in [-0.2, 0) is 6.42 Å². The lowest BCUT2D eigenvalue weighted by Gasteiger charge is -2.38. The van der Waals surface area contributed by atoms with Crippen LogP contribution < -0.4 is 4.74 Å². The van der Waals surface area contributed by atoms with E-state index in [1.54, 1.807) is 24.3 Å². The summed E-state index contributed by atoms with van der Waals surface area (Å²) >= 11 is 0. The zero-order valence-electron chi connectivity index (χ0n) is 18.6. The van der Waals surface area contributed by atoms with Crippen LogP contribution in [0, 0.1) is 5.92 Å². The molecule has 0 radical (unpaired) electrons. The molecule has 166 valence electrons. The lowest BCUT2D eigenvalue weighted by Crippen LogP contribution is -2.43. The van der Waals surface area contributed by atoms with Crippen molar-refractivity contribution in [1.29, 1.82) is 0 Å². The summed E-state index contributed by atoms with van der Waals surface area (Å²) in [4.78, 5) is 14.6. The smallest absolute Gasteiger partial charge is 0.343 e. The zero-order valence-corrected chi connectivity index (χ0v) is 18.6. The molecular weight excluding hydrogens is 398 g/mol. The van der Waals surface area contributed by atoms with E-state index in [0.29, 0.717) is 17.2 Å². The molecule has 0 aliphatic carbocycles. The number of likely N-dealkylation sites (tertiary alicyclic amines) is 1. The molecule has 1 aliphatic heterocycles. The van der Waals surface area contributed by atoms with E-state index in [2.05, 4.69) is 42.2 Å². The number of aliphatic hydroxyl groups excluding tert-OH is 1. The van der Waals surface area contributed by atoms with Gasteiger partial charge in [-0.05, 0) is 80.6 Å². The first-order valence-corrected chi connectivity index (χ1v) is 11.4. The first kappa shape index (κ1) is 22.3. The Labute approximate surface area is 190 Å². The first-order chi connectivity index (χ1) is 15.6. The van der Waals surface area contributed by atoms with Crippen LogP contribution in [0.2, 0.25) is 0 Å². The Morgan fingerprint density at radius 1 is 0.938 bits per heavy atom. The molecule has 3 aromatic carbocycles. The highest BCUT2D eigenvalue weighted by Crippen LogP contribution is 2.28. The third-order valence-electron chi connectivity index (χ3n) is 6.49. The van der Waals surface area contributed by atoms with Crippen LogP contribution in [0.1, 0.15) is 47.4 Å². The van der Waals surface area contributed by atoms with E-state index in [0.717, 1.165) is 37.9 Å². The predicted molar refractivity (Wildman–Crippen MR) is 127 cm³/mol. The summed E-state index contributed by atoms with van der Waals surface area (Å²) in [6, 6.07) is 26.8. The van der Waals surface area contributed by atoms with Gasteiger partial charge in [-0.25, -0.2) is 4.79 Å². The molecule has 32 heavy (non-hydrogen) atoms. The van der Waals surface area contributed by atoms with E-state index in [1.165, 1.54) is 5.56 Å². The van der Waals surface area contributed by atoms with Crippen LogP contribution in [0.25, 0.3) is 0 Å². The molecule has 1 aliphatic rings. The van der Waals surface area contributed by atoms with Gasteiger partial charge in [-0.2, -0.15) is 0 Å². The molecule has 4 heteroatoms. The second kappa shape index (κ2) is 10.6. The van der Waals surface area contributed by atoms with Crippen molar-refractivity contribution in [2.45, 2.75) is 38.3 Å². The predicted octanol–water partition coefficient (Wildman–Crippen LogP) is 5.28. The normalized spacial score (nSPS) is 16.9. The van der Waals surface area contributed by atoms with Crippen molar-refractivity contribution in [2.75, 3.05) is 13.1 Å². The van der Waals surface area contributed by atoms with Gasteiger partial charge in [0.05, 0.1) is 11.7 Å². The molecule has 0 spiro atoms. The Bertz CT molecular complexity index is 980. The standard InChI is InChI=1S/C28H31NO3/c1-21(29-18-16-23(17-19-29)20-22-8-4-2-5-9-22)27(30)24-12-14-26(15-13-24)32-28(31)25-10-6-3-7-11-25/h2-15,21,23,27,30H,16-20H2,1H3. The number of ether oxygens (including phenoxy) is 1. The molecule has 1 heterocycles. The molecule has 4 rings (SSSR count). The Kier molecular flexibility index (Phi) is 7.35. The van der Waals surface area contributed by atoms with Crippen LogP contribution in [0.4, 0.5) is 0 Å². The van der Waals surface area contributed by atoms with Gasteiger partial charge in [0.15, 0.2) is 0 Å². The van der Waals surface area contributed by atoms with Crippen LogP contribution >= 0.6 is 0 Å². The van der Waals surface area contributed by atoms with Gasteiger partial charge in [-0.3, -0.25) is 4.90 Å². The van der Waals surface area contributed by atoms with Crippen molar-refractivity contribution >= 4 is 5.97 Å². The van der Waals surface area contributed by atoms with Crippen molar-refractivity contribution in [3.8, 4) is 5.75 Å². The SMILES string of the molecule is CC(C(O)c1ccc(OC(=O)c2ccccc2)cc1)N1CCC(Cc2ccccc2)CC1. The summed E-state index contributed by atoms with van der Waals surface area (Å²) in [6.45, 7) is 4.09. The summed E-state index contributed by atoms with van der Waals surface area (Å²) < 4.78 is 5.44. The number of hydrogen-bond donors (Lipinski definition) is 1. The van der Waals surface area contributed by atoms with E-state index in [-0.39, 0.29) is 12.0 Å². The average Bonchev–Trinajstić information content (AvgIpc) is 2.85. The maximum Gasteiger partial charge on any atom is 0.343 e. The van der Waals surface area contributed by atoms with Gasteiger partial charge < -0.3 is 9.84 Å². The van der Waals surface area contributed by atoms with Crippen LogP contribution in [0.3, 0.4) is 0 Å². The average molecular weight is 430 g/mol. The van der Waals surface area contributed by atoms with Crippen LogP contribution in [0.15, 0.2) is 84.9 Å². The molecule has 1 saturated heterocycles. The highest BCUT2D eigenvalue weighted by molar-refractivity contribution is 5.90. The largest absolute Gasteiger partial charge is 0.423 e. The number of aliphatic hydroxyl groups is 1. The topological polar surface area (TPSA) is 49.8 Å². The summed E-state index contributed by atoms with van der Waals surface area (Å²) in [5, 5.41) is 10.9. The third-order valence-corrected chi connectivity index (χ3v) is 6.49. The molecule has 4 nitrogen and oxygen atoms in total. The highest BCUT2D eigenvalue weighted by atomic mass is 16.5. The number of rotatable bonds is 7. The Hall–Kier alpha value is -2.95. The quantitative estimate of drug-likeness (QED) is 0.410. The molecular formula is C28H31NO3. The van der Waals surface area contributed by atoms with E-state index < -0.39 is 6.10 Å². The Morgan fingerprint density at radius 3 is 2.16 bits per heavy atom. The molecule has 2 atom stereocenters. The fourth-order valence-electron chi connectivity index (χ4n) is 4.46. The van der Waals surface area contributed by atoms with Crippen LogP contribution in [-0.4, -0.2) is 35.1 Å². The van der Waals surface area contributed by atoms with Gasteiger partial charge in [0, 0.05) is 6.04 Å². The molecule has 0 bridgehead atoms. The minimum atomic E-state index is -0.584. The number of esters is 1. The maximum atomic E-state index is 12.2. The molecule has 0 aromatic heterocycles. The van der Waals surface area contributed by atoms with Crippen molar-refractivity contribution in [3.63, 3.8) is 0 Å². The minimum Gasteiger partial charge on any atom is -0.423 e. The number of piperidine rings is 1. The van der Waals surface area contributed by atoms with Gasteiger partial charge in [0.1, 0.15) is 5.75 Å². The van der Waals surface area contributed by atoms with E-state index in [1.807, 2.05) is 30.3 Å². The number of hydrogen-bond acceptors (Lipinski definition) is 4. The second-order valence-corrected chi connectivity index (χ2v) is 8.68. The van der Waals surface area contributed by atoms with E-state index in [9.17, 15) is 9.90 Å². The van der Waals surface area contributed by atoms with Gasteiger partial charge in [0.25, 0.3) is 0 Å². The fourth-order valence-corrected chi connectivity index (χ4v) is 4.46. The van der Waals surface area contributed by atoms with Crippen molar-refractivity contribution in [3.05, 3.63) is 102 Å². The van der Waals surface area contributed by atoms with Crippen molar-refractivity contribution in [1.82, 2.24) is 4.90 Å². The number of carbonyl (C=O) groups is 1. The van der Waals surface area contributed by atoms with Crippen molar-refractivity contribution in [2.24, 2.45) is 5.92 Å². The van der Waals surface area contributed by atoms with E-state index in [4.69, 9.17) is 4.74 Å². The minimum absolute atomic E-state index is 0.0328. The fraction of sp³-hybridized carbons (Fsp3) is 0.321.